The highest BCUT2D eigenvalue weighted by atomic mass is 16.1. The van der Waals surface area contributed by atoms with E-state index in [2.05, 4.69) is 12.2 Å². The van der Waals surface area contributed by atoms with Crippen molar-refractivity contribution in [1.82, 2.24) is 0 Å². The molecule has 1 atom stereocenters. The molecule has 0 radical (unpaired) electrons. The Morgan fingerprint density at radius 3 is 2.82 bits per heavy atom. The summed E-state index contributed by atoms with van der Waals surface area (Å²) in [7, 11) is 0. The molecule has 0 aromatic carbocycles. The fraction of sp³-hybridized carbons (Fsp3) is 0.700. The highest BCUT2D eigenvalue weighted by Gasteiger charge is 2.38. The molecule has 0 saturated heterocycles. The average molecular weight is 150 g/mol. The van der Waals surface area contributed by atoms with Gasteiger partial charge in [0.1, 0.15) is 5.78 Å². The fourth-order valence-electron chi connectivity index (χ4n) is 2.29. The van der Waals surface area contributed by atoms with E-state index in [1.807, 2.05) is 0 Å². The Morgan fingerprint density at radius 1 is 1.27 bits per heavy atom. The van der Waals surface area contributed by atoms with Gasteiger partial charge in [-0.3, -0.25) is 4.79 Å². The van der Waals surface area contributed by atoms with Crippen LogP contribution in [0.4, 0.5) is 0 Å². The highest BCUT2D eigenvalue weighted by Crippen LogP contribution is 2.42. The Kier molecular flexibility index (Phi) is 1.59. The smallest absolute Gasteiger partial charge is 0.142 e. The van der Waals surface area contributed by atoms with Gasteiger partial charge >= 0.3 is 0 Å². The number of carbonyl (C=O) groups excluding carboxylic acids is 1. The van der Waals surface area contributed by atoms with Gasteiger partial charge < -0.3 is 0 Å². The maximum Gasteiger partial charge on any atom is 0.142 e. The largest absolute Gasteiger partial charge is 0.299 e. The Labute approximate surface area is 67.5 Å². The number of carbonyl (C=O) groups is 1. The highest BCUT2D eigenvalue weighted by molar-refractivity contribution is 5.87. The topological polar surface area (TPSA) is 17.1 Å². The lowest BCUT2D eigenvalue weighted by Gasteiger charge is -2.29. The summed E-state index contributed by atoms with van der Waals surface area (Å²) < 4.78 is 0. The van der Waals surface area contributed by atoms with Crippen LogP contribution in [0.1, 0.15) is 38.5 Å². The van der Waals surface area contributed by atoms with Crippen molar-refractivity contribution in [2.75, 3.05) is 0 Å². The van der Waals surface area contributed by atoms with Crippen LogP contribution < -0.4 is 0 Å². The number of hydrogen-bond acceptors (Lipinski definition) is 1. The molecule has 11 heavy (non-hydrogen) atoms. The van der Waals surface area contributed by atoms with Crippen LogP contribution in [-0.4, -0.2) is 5.78 Å². The van der Waals surface area contributed by atoms with Crippen molar-refractivity contribution >= 4 is 5.78 Å². The van der Waals surface area contributed by atoms with Gasteiger partial charge in [0.2, 0.25) is 0 Å². The van der Waals surface area contributed by atoms with Crippen LogP contribution in [0.5, 0.6) is 0 Å². The molecule has 1 fully saturated rings. The summed E-state index contributed by atoms with van der Waals surface area (Å²) in [6.45, 7) is 0. The molecule has 1 heteroatoms. The summed E-state index contributed by atoms with van der Waals surface area (Å²) in [4.78, 5) is 11.6. The molecular formula is C10H14O. The van der Waals surface area contributed by atoms with E-state index in [4.69, 9.17) is 0 Å². The maximum atomic E-state index is 11.6. The van der Waals surface area contributed by atoms with Crippen LogP contribution >= 0.6 is 0 Å². The van der Waals surface area contributed by atoms with Crippen molar-refractivity contribution in [2.24, 2.45) is 5.41 Å². The predicted molar refractivity (Wildman–Crippen MR) is 44.3 cm³/mol. The molecule has 0 heterocycles. The van der Waals surface area contributed by atoms with Gasteiger partial charge in [-0.1, -0.05) is 18.6 Å². The van der Waals surface area contributed by atoms with Crippen LogP contribution in [-0.2, 0) is 4.79 Å². The zero-order valence-corrected chi connectivity index (χ0v) is 6.81. The van der Waals surface area contributed by atoms with Crippen LogP contribution in [0.25, 0.3) is 0 Å². The SMILES string of the molecule is O=C1CCCCC12C=CCC2. The molecule has 0 aromatic heterocycles. The molecule has 60 valence electrons. The van der Waals surface area contributed by atoms with Gasteiger partial charge in [-0.25, -0.2) is 0 Å². The third-order valence-electron chi connectivity index (χ3n) is 3.03. The van der Waals surface area contributed by atoms with Crippen molar-refractivity contribution in [1.29, 1.82) is 0 Å². The normalized spacial score (nSPS) is 36.9. The Balaban J connectivity index is 2.21. The lowest BCUT2D eigenvalue weighted by molar-refractivity contribution is -0.128. The Morgan fingerprint density at radius 2 is 2.18 bits per heavy atom. The molecule has 1 unspecified atom stereocenters. The zero-order valence-electron chi connectivity index (χ0n) is 6.81. The van der Waals surface area contributed by atoms with Crippen molar-refractivity contribution < 1.29 is 4.79 Å². The third kappa shape index (κ3) is 1.03. The van der Waals surface area contributed by atoms with E-state index in [1.54, 1.807) is 0 Å². The van der Waals surface area contributed by atoms with E-state index in [0.29, 0.717) is 5.78 Å². The zero-order chi connectivity index (χ0) is 7.73. The van der Waals surface area contributed by atoms with Crippen molar-refractivity contribution in [2.45, 2.75) is 38.5 Å². The van der Waals surface area contributed by atoms with Gasteiger partial charge in [-0.15, -0.1) is 0 Å². The van der Waals surface area contributed by atoms with Gasteiger partial charge in [0.05, 0.1) is 0 Å². The van der Waals surface area contributed by atoms with E-state index >= 15 is 0 Å². The lowest BCUT2D eigenvalue weighted by Crippen LogP contribution is -2.30. The van der Waals surface area contributed by atoms with Crippen molar-refractivity contribution in [3.05, 3.63) is 12.2 Å². The monoisotopic (exact) mass is 150 g/mol. The van der Waals surface area contributed by atoms with Crippen LogP contribution in [0, 0.1) is 5.41 Å². The van der Waals surface area contributed by atoms with E-state index in [9.17, 15) is 4.79 Å². The van der Waals surface area contributed by atoms with Crippen LogP contribution in [0.3, 0.4) is 0 Å². The van der Waals surface area contributed by atoms with Crippen molar-refractivity contribution in [3.63, 3.8) is 0 Å². The molecule has 0 aliphatic heterocycles. The lowest BCUT2D eigenvalue weighted by atomic mass is 9.73. The number of allylic oxidation sites excluding steroid dienone is 2. The quantitative estimate of drug-likeness (QED) is 0.485. The molecule has 0 bridgehead atoms. The molecule has 1 saturated carbocycles. The van der Waals surface area contributed by atoms with Gasteiger partial charge in [0.15, 0.2) is 0 Å². The molecule has 1 nitrogen and oxygen atoms in total. The van der Waals surface area contributed by atoms with Crippen LogP contribution in [0.15, 0.2) is 12.2 Å². The minimum atomic E-state index is 0.0122. The molecule has 0 amide bonds. The van der Waals surface area contributed by atoms with E-state index < -0.39 is 0 Å². The number of rotatable bonds is 0. The van der Waals surface area contributed by atoms with E-state index in [0.717, 1.165) is 32.1 Å². The van der Waals surface area contributed by atoms with Gasteiger partial charge in [-0.05, 0) is 25.7 Å². The van der Waals surface area contributed by atoms with Gasteiger partial charge in [0, 0.05) is 11.8 Å². The van der Waals surface area contributed by atoms with Crippen LogP contribution in [0.2, 0.25) is 0 Å². The average Bonchev–Trinajstić information content (AvgIpc) is 2.46. The molecule has 2 aliphatic carbocycles. The van der Waals surface area contributed by atoms with E-state index in [1.165, 1.54) is 6.42 Å². The molecule has 1 spiro atoms. The molecule has 2 aliphatic rings. The number of Topliss-reactive ketones (excluding diaryl/α,β-unsaturated/α-hetero) is 1. The third-order valence-corrected chi connectivity index (χ3v) is 3.03. The Hall–Kier alpha value is -0.590. The first-order valence-electron chi connectivity index (χ1n) is 4.55. The minimum Gasteiger partial charge on any atom is -0.299 e. The summed E-state index contributed by atoms with van der Waals surface area (Å²) in [6.07, 6.45) is 10.8. The van der Waals surface area contributed by atoms with E-state index in [-0.39, 0.29) is 5.41 Å². The van der Waals surface area contributed by atoms with Gasteiger partial charge in [0.25, 0.3) is 0 Å². The second-order valence-corrected chi connectivity index (χ2v) is 3.73. The van der Waals surface area contributed by atoms with Crippen molar-refractivity contribution in [3.8, 4) is 0 Å². The minimum absolute atomic E-state index is 0.0122. The predicted octanol–water partition coefficient (Wildman–Crippen LogP) is 2.47. The summed E-state index contributed by atoms with van der Waals surface area (Å²) in [6, 6.07) is 0. The first kappa shape index (κ1) is 7.08. The number of ketones is 1. The fourth-order valence-corrected chi connectivity index (χ4v) is 2.29. The first-order valence-corrected chi connectivity index (χ1v) is 4.55. The summed E-state index contributed by atoms with van der Waals surface area (Å²) in [5, 5.41) is 0. The molecule has 0 aromatic rings. The molecule has 2 rings (SSSR count). The standard InChI is InChI=1S/C10H14O/c11-9-5-1-2-6-10(9)7-3-4-8-10/h3,7H,1-2,4-6,8H2. The molecule has 0 N–H and O–H groups in total. The van der Waals surface area contributed by atoms with Gasteiger partial charge in [-0.2, -0.15) is 0 Å². The second-order valence-electron chi connectivity index (χ2n) is 3.73. The second kappa shape index (κ2) is 2.47. The Bertz CT molecular complexity index is 205. The summed E-state index contributed by atoms with van der Waals surface area (Å²) in [5.41, 5.74) is 0.0122. The number of hydrogen-bond donors (Lipinski definition) is 0. The summed E-state index contributed by atoms with van der Waals surface area (Å²) in [5.74, 6) is 0.498. The molecular weight excluding hydrogens is 136 g/mol. The first-order chi connectivity index (χ1) is 5.33. The maximum absolute atomic E-state index is 11.6. The summed E-state index contributed by atoms with van der Waals surface area (Å²) >= 11 is 0.